The minimum atomic E-state index is -2.84. The van der Waals surface area contributed by atoms with Gasteiger partial charge in [-0.2, -0.15) is 9.97 Å². The van der Waals surface area contributed by atoms with Crippen molar-refractivity contribution in [3.05, 3.63) is 47.0 Å². The van der Waals surface area contributed by atoms with Gasteiger partial charge in [0.15, 0.2) is 23.9 Å². The zero-order chi connectivity index (χ0) is 28.6. The molecule has 3 heterocycles. The van der Waals surface area contributed by atoms with Crippen molar-refractivity contribution in [1.29, 1.82) is 0 Å². The normalized spacial score (nSPS) is 21.3. The summed E-state index contributed by atoms with van der Waals surface area (Å²) in [6, 6.07) is 5.75. The Balaban J connectivity index is 1.57. The number of carbonyl (C=O) groups is 3. The lowest BCUT2D eigenvalue weighted by molar-refractivity contribution is -0.190. The Bertz CT molecular complexity index is 1420. The van der Waals surface area contributed by atoms with E-state index in [1.54, 1.807) is 0 Å². The molecule has 1 aliphatic heterocycles. The summed E-state index contributed by atoms with van der Waals surface area (Å²) in [5.41, 5.74) is 3.44. The van der Waals surface area contributed by atoms with Crippen LogP contribution >= 0.6 is 11.6 Å². The number of alkyl halides is 1. The molecule has 4 rings (SSSR count). The first-order valence-corrected chi connectivity index (χ1v) is 11.8. The second kappa shape index (κ2) is 10.7. The van der Waals surface area contributed by atoms with E-state index in [-0.39, 0.29) is 39.3 Å². The molecule has 0 aliphatic carbocycles. The van der Waals surface area contributed by atoms with E-state index in [9.17, 15) is 29.7 Å². The third kappa shape index (κ3) is 5.21. The van der Waals surface area contributed by atoms with Crippen LogP contribution in [0, 0.1) is 0 Å². The quantitative estimate of drug-likeness (QED) is 0.207. The number of aromatic nitrogens is 4. The maximum atomic E-state index is 15.1. The number of benzene rings is 1. The van der Waals surface area contributed by atoms with Gasteiger partial charge in [-0.15, -0.1) is 0 Å². The number of fused-ring (bicyclic) bond motifs is 1. The number of nitrogen functional groups attached to an aromatic ring is 1. The summed E-state index contributed by atoms with van der Waals surface area (Å²) < 4.78 is 27.2. The first-order valence-electron chi connectivity index (χ1n) is 11.4. The highest BCUT2D eigenvalue weighted by Gasteiger charge is 2.52. The first-order chi connectivity index (χ1) is 18.4. The van der Waals surface area contributed by atoms with Crippen LogP contribution in [0.4, 0.5) is 10.2 Å². The highest BCUT2D eigenvalue weighted by atomic mass is 35.5. The summed E-state index contributed by atoms with van der Waals surface area (Å²) in [4.78, 5) is 49.7. The number of aliphatic hydroxyl groups excluding tert-OH is 1. The van der Waals surface area contributed by atoms with Gasteiger partial charge < -0.3 is 35.4 Å². The molecule has 0 bridgehead atoms. The maximum absolute atomic E-state index is 15.1. The lowest BCUT2D eigenvalue weighted by Gasteiger charge is -2.27. The van der Waals surface area contributed by atoms with Gasteiger partial charge in [-0.1, -0.05) is 12.1 Å². The number of halogens is 2. The SMILES string of the molecule is CN(C)C(=O)c1cccc(CC(OC[C@H]2O[C@@H](n3cnc4c(N)nc(Cl)nc43)[C@@H](F)[C@@H]2O)(C(=O)O)C(=O)O)c1. The molecule has 4 atom stereocenters. The molecule has 1 aliphatic rings. The summed E-state index contributed by atoms with van der Waals surface area (Å²) >= 11 is 5.84. The van der Waals surface area contributed by atoms with Crippen molar-refractivity contribution in [3.63, 3.8) is 0 Å². The number of carbonyl (C=O) groups excluding carboxylic acids is 1. The molecule has 0 saturated carbocycles. The number of anilines is 1. The zero-order valence-corrected chi connectivity index (χ0v) is 21.3. The number of hydrogen-bond acceptors (Lipinski definition) is 10. The Kier molecular flexibility index (Phi) is 7.70. The average molecular weight is 567 g/mol. The molecule has 0 unspecified atom stereocenters. The number of amides is 1. The van der Waals surface area contributed by atoms with Crippen LogP contribution in [0.3, 0.4) is 0 Å². The third-order valence-electron chi connectivity index (χ3n) is 6.21. The van der Waals surface area contributed by atoms with E-state index in [1.165, 1.54) is 43.3 Å². The summed E-state index contributed by atoms with van der Waals surface area (Å²) in [6.45, 7) is -0.808. The van der Waals surface area contributed by atoms with Gasteiger partial charge in [0.2, 0.25) is 5.28 Å². The second-order valence-corrected chi connectivity index (χ2v) is 9.37. The molecule has 16 heteroatoms. The number of aliphatic carboxylic acids is 2. The molecule has 1 amide bonds. The Morgan fingerprint density at radius 3 is 2.59 bits per heavy atom. The van der Waals surface area contributed by atoms with E-state index < -0.39 is 55.2 Å². The zero-order valence-electron chi connectivity index (χ0n) is 20.6. The fraction of sp³-hybridized carbons (Fsp3) is 0.391. The smallest absolute Gasteiger partial charge is 0.348 e. The van der Waals surface area contributed by atoms with Crippen molar-refractivity contribution in [2.45, 2.75) is 36.6 Å². The molecule has 1 saturated heterocycles. The molecular formula is C23H24ClFN6O8. The van der Waals surface area contributed by atoms with Crippen LogP contribution in [0.5, 0.6) is 0 Å². The van der Waals surface area contributed by atoms with Gasteiger partial charge >= 0.3 is 11.9 Å². The molecule has 2 aromatic heterocycles. The summed E-state index contributed by atoms with van der Waals surface area (Å²) in [5, 5.41) is 30.0. The average Bonchev–Trinajstić information content (AvgIpc) is 3.41. The van der Waals surface area contributed by atoms with Gasteiger partial charge in [0, 0.05) is 26.1 Å². The van der Waals surface area contributed by atoms with E-state index >= 15 is 4.39 Å². The predicted octanol–water partition coefficient (Wildman–Crippen LogP) is 0.527. The van der Waals surface area contributed by atoms with E-state index in [2.05, 4.69) is 15.0 Å². The van der Waals surface area contributed by atoms with Crippen LogP contribution in [0.2, 0.25) is 5.28 Å². The number of carboxylic acid groups (broad SMARTS) is 2. The van der Waals surface area contributed by atoms with E-state index in [0.717, 1.165) is 10.9 Å². The van der Waals surface area contributed by atoms with E-state index in [4.69, 9.17) is 26.8 Å². The van der Waals surface area contributed by atoms with Crippen LogP contribution in [0.25, 0.3) is 11.2 Å². The van der Waals surface area contributed by atoms with Gasteiger partial charge in [0.1, 0.15) is 17.7 Å². The molecule has 39 heavy (non-hydrogen) atoms. The number of rotatable bonds is 9. The number of imidazole rings is 1. The van der Waals surface area contributed by atoms with Crippen molar-refractivity contribution in [3.8, 4) is 0 Å². The molecule has 1 aromatic carbocycles. The van der Waals surface area contributed by atoms with Crippen molar-refractivity contribution in [2.24, 2.45) is 0 Å². The van der Waals surface area contributed by atoms with Crippen molar-refractivity contribution < 1.29 is 43.6 Å². The second-order valence-electron chi connectivity index (χ2n) is 9.03. The van der Waals surface area contributed by atoms with E-state index in [0.29, 0.717) is 0 Å². The monoisotopic (exact) mass is 566 g/mol. The van der Waals surface area contributed by atoms with E-state index in [1.807, 2.05) is 0 Å². The summed E-state index contributed by atoms with van der Waals surface area (Å²) in [6.07, 6.45) is -6.40. The number of nitrogens with zero attached hydrogens (tertiary/aromatic N) is 5. The molecule has 3 aromatic rings. The minimum Gasteiger partial charge on any atom is -0.479 e. The number of nitrogens with two attached hydrogens (primary N) is 1. The number of hydrogen-bond donors (Lipinski definition) is 4. The highest BCUT2D eigenvalue weighted by Crippen LogP contribution is 2.35. The van der Waals surface area contributed by atoms with Crippen LogP contribution in [-0.4, -0.2) is 102 Å². The predicted molar refractivity (Wildman–Crippen MR) is 132 cm³/mol. The lowest BCUT2D eigenvalue weighted by atomic mass is 9.93. The molecule has 14 nitrogen and oxygen atoms in total. The molecule has 208 valence electrons. The fourth-order valence-electron chi connectivity index (χ4n) is 4.16. The fourth-order valence-corrected chi connectivity index (χ4v) is 4.33. The summed E-state index contributed by atoms with van der Waals surface area (Å²) in [7, 11) is 3.05. The van der Waals surface area contributed by atoms with Gasteiger partial charge in [0.25, 0.3) is 11.5 Å². The molecule has 5 N–H and O–H groups in total. The highest BCUT2D eigenvalue weighted by molar-refractivity contribution is 6.28. The van der Waals surface area contributed by atoms with Crippen LogP contribution in [0.15, 0.2) is 30.6 Å². The maximum Gasteiger partial charge on any atom is 0.348 e. The molecular weight excluding hydrogens is 543 g/mol. The third-order valence-corrected chi connectivity index (χ3v) is 6.38. The van der Waals surface area contributed by atoms with Crippen LogP contribution in [0.1, 0.15) is 22.1 Å². The number of carboxylic acids is 2. The molecule has 0 radical (unpaired) electrons. The van der Waals surface area contributed by atoms with Crippen LogP contribution in [-0.2, 0) is 25.5 Å². The van der Waals surface area contributed by atoms with Crippen molar-refractivity contribution in [1.82, 2.24) is 24.4 Å². The largest absolute Gasteiger partial charge is 0.479 e. The topological polar surface area (TPSA) is 203 Å². The van der Waals surface area contributed by atoms with Crippen LogP contribution < -0.4 is 5.73 Å². The Morgan fingerprint density at radius 2 is 1.95 bits per heavy atom. The Hall–Kier alpha value is -3.92. The Labute approximate surface area is 224 Å². The first kappa shape index (κ1) is 28.1. The van der Waals surface area contributed by atoms with Crippen molar-refractivity contribution >= 4 is 46.4 Å². The lowest BCUT2D eigenvalue weighted by Crippen LogP contribution is -2.52. The number of ether oxygens (including phenoxy) is 2. The van der Waals surface area contributed by atoms with Gasteiger partial charge in [-0.05, 0) is 29.3 Å². The van der Waals surface area contributed by atoms with Gasteiger partial charge in [0.05, 0.1) is 12.9 Å². The Morgan fingerprint density at radius 1 is 1.26 bits per heavy atom. The molecule has 1 fully saturated rings. The van der Waals surface area contributed by atoms with Gasteiger partial charge in [-0.3, -0.25) is 9.36 Å². The summed E-state index contributed by atoms with van der Waals surface area (Å²) in [5.74, 6) is -4.14. The number of aliphatic hydroxyl groups is 1. The van der Waals surface area contributed by atoms with Crippen molar-refractivity contribution in [2.75, 3.05) is 26.4 Å². The standard InChI is InChI=1S/C23H24ClFN6O8/c1-30(2)18(33)11-5-3-4-10(6-11)7-23(20(34)35,21(36)37)38-8-12-15(32)13(25)19(39-12)31-9-27-14-16(26)28-22(24)29-17(14)31/h3-6,9,12-13,15,19,32H,7-8H2,1-2H3,(H,34,35)(H,36,37)(H2,26,28,29)/t12-,13+,15-,19-/m1/s1. The molecule has 0 spiro atoms. The van der Waals surface area contributed by atoms with Gasteiger partial charge in [-0.25, -0.2) is 19.0 Å². The minimum absolute atomic E-state index is 0.0199.